The van der Waals surface area contributed by atoms with E-state index in [9.17, 15) is 24.3 Å². The number of methoxy groups -OCH3 is 6. The Hall–Kier alpha value is -8.27. The molecule has 0 aromatic heterocycles. The minimum Gasteiger partial charge on any atom is -0.543 e. The average Bonchev–Trinajstić information content (AvgIpc) is 0.703. The third-order valence-corrected chi connectivity index (χ3v) is 30.8. The predicted molar refractivity (Wildman–Crippen MR) is 402 cm³/mol. The smallest absolute Gasteiger partial charge is 0.250 e. The number of phenolic OH excluding ortho intramolecular Hbond substituents is 1. The Morgan fingerprint density at radius 1 is 0.553 bits per heavy atom. The molecule has 6 aliphatic heterocycles. The molecule has 7 aliphatic rings. The van der Waals surface area contributed by atoms with Gasteiger partial charge in [-0.05, 0) is 126 Å². The van der Waals surface area contributed by atoms with Crippen molar-refractivity contribution >= 4 is 52.2 Å². The van der Waals surface area contributed by atoms with Crippen molar-refractivity contribution < 1.29 is 76.1 Å². The number of phenols is 1. The zero-order valence-electron chi connectivity index (χ0n) is 64.3. The molecule has 0 spiro atoms. The van der Waals surface area contributed by atoms with Crippen molar-refractivity contribution in [3.63, 3.8) is 0 Å². The first-order valence-corrected chi connectivity index (χ1v) is 40.9. The summed E-state index contributed by atoms with van der Waals surface area (Å²) in [4.78, 5) is 65.2. The van der Waals surface area contributed by atoms with Crippen molar-refractivity contribution in [2.24, 2.45) is 5.73 Å². The predicted octanol–water partition coefficient (Wildman–Crippen LogP) is 13.0. The molecule has 2 amide bonds. The second kappa shape index (κ2) is 29.7. The summed E-state index contributed by atoms with van der Waals surface area (Å²) in [6, 6.07) is 18.4. The molecule has 4 bridgehead atoms. The highest BCUT2D eigenvalue weighted by molar-refractivity contribution is 6.75. The molecule has 0 saturated carbocycles. The Morgan fingerprint density at radius 2 is 0.951 bits per heavy atom. The van der Waals surface area contributed by atoms with Crippen molar-refractivity contribution in [1.29, 1.82) is 0 Å². The number of aromatic hydroxyl groups is 1. The highest BCUT2D eigenvalue weighted by Gasteiger charge is 2.58. The van der Waals surface area contributed by atoms with Crippen LogP contribution in [-0.2, 0) is 53.0 Å². The van der Waals surface area contributed by atoms with Gasteiger partial charge in [-0.3, -0.25) is 29.0 Å². The van der Waals surface area contributed by atoms with Crippen LogP contribution in [0.3, 0.4) is 0 Å². The van der Waals surface area contributed by atoms with E-state index in [2.05, 4.69) is 84.4 Å². The van der Waals surface area contributed by atoms with Crippen LogP contribution >= 0.6 is 0 Å². The second-order valence-electron chi connectivity index (χ2n) is 30.7. The third-order valence-electron chi connectivity index (χ3n) is 22.1. The van der Waals surface area contributed by atoms with Gasteiger partial charge in [-0.15, -0.1) is 0 Å². The normalized spacial score (nSPS) is 21.0. The van der Waals surface area contributed by atoms with Gasteiger partial charge in [0.1, 0.15) is 11.5 Å². The number of amides is 2. The number of fused-ring (bicyclic) bond motifs is 13. The van der Waals surface area contributed by atoms with E-state index >= 15 is 0 Å². The summed E-state index contributed by atoms with van der Waals surface area (Å²) >= 11 is 0. The summed E-state index contributed by atoms with van der Waals surface area (Å²) < 4.78 is 62.7. The molecule has 1 aliphatic carbocycles. The number of carbonyl (C=O) groups excluding carboxylic acids is 4. The fourth-order valence-corrected chi connectivity index (χ4v) is 17.1. The molecular formula is C80H105N5O16Si2. The molecule has 1 unspecified atom stereocenters. The lowest BCUT2D eigenvalue weighted by molar-refractivity contribution is -0.145. The third kappa shape index (κ3) is 13.7. The summed E-state index contributed by atoms with van der Waals surface area (Å²) in [7, 11) is 8.44. The van der Waals surface area contributed by atoms with Gasteiger partial charge in [-0.25, -0.2) is 0 Å². The van der Waals surface area contributed by atoms with Crippen LogP contribution < -0.4 is 38.3 Å². The topological polar surface area (TPSA) is 240 Å². The number of aliphatic hydroxyl groups excluding tert-OH is 1. The van der Waals surface area contributed by atoms with E-state index in [0.29, 0.717) is 76.5 Å². The van der Waals surface area contributed by atoms with Gasteiger partial charge in [0.15, 0.2) is 46.0 Å². The number of Topliss-reactive ketones (excluding diaryl/α,β-unsaturated/α-hetero) is 2. The fraction of sp³-hybridized carbons (Fsp3) is 0.475. The first kappa shape index (κ1) is 77.3. The van der Waals surface area contributed by atoms with Gasteiger partial charge in [0, 0.05) is 73.5 Å². The van der Waals surface area contributed by atoms with E-state index in [4.69, 9.17) is 51.9 Å². The van der Waals surface area contributed by atoms with Crippen LogP contribution in [-0.4, -0.2) is 164 Å². The largest absolute Gasteiger partial charge is 0.543 e. The lowest BCUT2D eigenvalue weighted by atomic mass is 9.73. The summed E-state index contributed by atoms with van der Waals surface area (Å²) in [6.07, 6.45) is 3.92. The van der Waals surface area contributed by atoms with Gasteiger partial charge >= 0.3 is 0 Å². The van der Waals surface area contributed by atoms with Gasteiger partial charge in [-0.1, -0.05) is 108 Å². The molecule has 5 aromatic rings. The van der Waals surface area contributed by atoms with E-state index in [1.54, 1.807) is 47.4 Å². The molecule has 7 atom stereocenters. The number of ketones is 2. The minimum absolute atomic E-state index is 0.0315. The van der Waals surface area contributed by atoms with Crippen LogP contribution in [0.25, 0.3) is 12.2 Å². The number of aryl methyl sites for hydroxylation is 1. The van der Waals surface area contributed by atoms with Crippen LogP contribution in [0.2, 0.25) is 36.3 Å². The number of aliphatic hydroxyl groups is 1. The first-order chi connectivity index (χ1) is 48.5. The summed E-state index contributed by atoms with van der Waals surface area (Å²) in [6.45, 7) is 32.0. The van der Waals surface area contributed by atoms with Gasteiger partial charge in [0.05, 0.1) is 112 Å². The molecule has 2 fully saturated rings. The Morgan fingerprint density at radius 3 is 1.35 bits per heavy atom. The molecule has 0 radical (unpaired) electrons. The molecule has 2 saturated heterocycles. The lowest BCUT2D eigenvalue weighted by Crippen LogP contribution is -2.64. The van der Waals surface area contributed by atoms with Gasteiger partial charge in [-0.2, -0.15) is 0 Å². The van der Waals surface area contributed by atoms with Gasteiger partial charge in [0.2, 0.25) is 17.6 Å². The Kier molecular flexibility index (Phi) is 22.3. The fourth-order valence-electron chi connectivity index (χ4n) is 14.9. The zero-order chi connectivity index (χ0) is 75.6. The summed E-state index contributed by atoms with van der Waals surface area (Å²) in [5.74, 6) is 3.27. The van der Waals surface area contributed by atoms with Crippen molar-refractivity contribution in [2.75, 3.05) is 70.0 Å². The van der Waals surface area contributed by atoms with Gasteiger partial charge in [0.25, 0.3) is 16.6 Å². The Balaban J connectivity index is 0.000000211. The van der Waals surface area contributed by atoms with Crippen LogP contribution in [0.4, 0.5) is 0 Å². The highest BCUT2D eigenvalue weighted by atomic mass is 28.4. The SMILES string of the molecule is CC(N)O.COC1=C(C)C(=O)C2=C(C1=O)[C@@H]1C3=Cc4c(O[Si](C)(C)C(C)(C)C)c(C)c(OC)c(OC)c4[C@H](COCc4ccccc4)N3C(=O)[C@H](C2)N1C.COc1c(C)cc2c(c1O)[C@@H]1C3=Cc4c(O[Si](C)(C)C(C)(C)C)c(C)c(OC)c(OC)c4[C@H](COCc4ccccc4)N3C(=O)[C@H](C2)N1C. The van der Waals surface area contributed by atoms with E-state index in [0.717, 1.165) is 67.1 Å². The Bertz CT molecular complexity index is 4280. The van der Waals surface area contributed by atoms with Crippen LogP contribution in [0.1, 0.15) is 141 Å². The number of nitrogens with two attached hydrogens (primary N) is 1. The zero-order valence-corrected chi connectivity index (χ0v) is 66.3. The van der Waals surface area contributed by atoms with Crippen LogP contribution in [0.15, 0.2) is 101 Å². The second-order valence-corrected chi connectivity index (χ2v) is 40.1. The number of nitrogens with zero attached hydrogens (tertiary/aromatic N) is 4. The van der Waals surface area contributed by atoms with E-state index in [1.807, 2.05) is 117 Å². The maximum Gasteiger partial charge on any atom is 0.250 e. The maximum absolute atomic E-state index is 14.8. The quantitative estimate of drug-likeness (QED) is 0.0420. The van der Waals surface area contributed by atoms with E-state index in [-0.39, 0.29) is 70.2 Å². The van der Waals surface area contributed by atoms with Crippen LogP contribution in [0, 0.1) is 20.8 Å². The number of rotatable bonds is 18. The number of piperazine rings is 2. The van der Waals surface area contributed by atoms with Crippen molar-refractivity contribution in [2.45, 2.75) is 181 Å². The van der Waals surface area contributed by atoms with Crippen molar-refractivity contribution in [3.05, 3.63) is 162 Å². The molecule has 21 nitrogen and oxygen atoms in total. The standard InChI is InChI=1S/C39H48N2O8Si.C39H50N2O7Si.C2H7NO/c1-21-32(42)24-17-27-38(44)41-26(31(40(27)6)30(24)33(43)35(21)45-7)18-25-29(28(41)20-48-19-23-15-13-12-14-16-23)37(47-9)36(46-8)22(2)34(25)49-50(10,11)39(3,4)5;1-22-17-25-18-28-38(43)41-27(32(40(28)6)30(25)33(42)34(22)44-7)19-26-31(29(41)21-47-20-24-15-13-12-14-16-24)37(46-9)36(45-8)23(2)35(26)48-49(10,11)39(3,4)5;1-2(3)4/h12-16,18,27-28,31H,17,19-20H2,1-11H3;12-17,19,28-29,32,42H,18,20-21H2,1-11H3;2,4H,3H2,1H3/t27-,28-,31-;28-,29-,32-;/m00./s1. The Labute approximate surface area is 609 Å². The van der Waals surface area contributed by atoms with Crippen LogP contribution in [0.5, 0.6) is 46.0 Å². The first-order valence-electron chi connectivity index (χ1n) is 35.1. The van der Waals surface area contributed by atoms with E-state index in [1.165, 1.54) is 14.0 Å². The number of benzene rings is 5. The number of hydrogen-bond acceptors (Lipinski definition) is 19. The molecule has 23 heteroatoms. The van der Waals surface area contributed by atoms with Gasteiger partial charge < -0.3 is 72.5 Å². The molecule has 4 N–H and O–H groups in total. The average molecular weight is 1450 g/mol. The lowest BCUT2D eigenvalue weighted by Gasteiger charge is -2.54. The van der Waals surface area contributed by atoms with Crippen molar-refractivity contribution in [3.8, 4) is 46.0 Å². The highest BCUT2D eigenvalue weighted by Crippen LogP contribution is 2.60. The number of carbonyl (C=O) groups is 4. The summed E-state index contributed by atoms with van der Waals surface area (Å²) in [5.41, 5.74) is 16.2. The number of ether oxygens (including phenoxy) is 8. The molecule has 103 heavy (non-hydrogen) atoms. The molecule has 5 aromatic carbocycles. The minimum atomic E-state index is -2.44. The summed E-state index contributed by atoms with van der Waals surface area (Å²) in [5, 5.41) is 19.4. The molecule has 6 heterocycles. The monoisotopic (exact) mass is 1450 g/mol. The number of hydrogen-bond donors (Lipinski definition) is 3. The molecular weight excluding hydrogens is 1340 g/mol. The van der Waals surface area contributed by atoms with E-state index < -0.39 is 59.1 Å². The number of allylic oxidation sites excluding steroid dienone is 2. The number of likely N-dealkylation sites (N-methyl/N-ethyl adjacent to an activating group) is 2. The molecule has 554 valence electrons. The van der Waals surface area contributed by atoms with Crippen molar-refractivity contribution in [1.82, 2.24) is 19.6 Å². The maximum atomic E-state index is 14.8. The molecule has 12 rings (SSSR count).